The van der Waals surface area contributed by atoms with Crippen LogP contribution in [0.4, 0.5) is 0 Å². The van der Waals surface area contributed by atoms with Crippen LogP contribution in [-0.2, 0) is 16.1 Å². The summed E-state index contributed by atoms with van der Waals surface area (Å²) in [4.78, 5) is 14.5. The molecule has 2 saturated heterocycles. The molecule has 2 aliphatic heterocycles. The molecule has 0 saturated carbocycles. The van der Waals surface area contributed by atoms with Gasteiger partial charge in [-0.1, -0.05) is 18.2 Å². The number of aryl methyl sites for hydroxylation is 2. The maximum atomic E-state index is 12.5. The lowest BCUT2D eigenvalue weighted by atomic mass is 9.92. The highest BCUT2D eigenvalue weighted by molar-refractivity contribution is 5.76. The summed E-state index contributed by atoms with van der Waals surface area (Å²) in [5.41, 5.74) is 3.84. The summed E-state index contributed by atoms with van der Waals surface area (Å²) in [7, 11) is 0. The van der Waals surface area contributed by atoms with Gasteiger partial charge in [0, 0.05) is 26.1 Å². The van der Waals surface area contributed by atoms with Gasteiger partial charge in [-0.25, -0.2) is 0 Å². The molecule has 1 amide bonds. The Morgan fingerprint density at radius 2 is 1.95 bits per heavy atom. The Morgan fingerprint density at radius 3 is 2.62 bits per heavy atom. The lowest BCUT2D eigenvalue weighted by molar-refractivity contribution is -0.131. The Bertz CT molecular complexity index is 512. The van der Waals surface area contributed by atoms with Gasteiger partial charge in [-0.2, -0.15) is 0 Å². The van der Waals surface area contributed by atoms with E-state index < -0.39 is 0 Å². The van der Waals surface area contributed by atoms with Crippen LogP contribution in [0.15, 0.2) is 18.2 Å². The van der Waals surface area contributed by atoms with E-state index in [4.69, 9.17) is 4.74 Å². The van der Waals surface area contributed by atoms with Crippen LogP contribution in [0.25, 0.3) is 0 Å². The number of hydrogen-bond donors (Lipinski definition) is 0. The Morgan fingerprint density at radius 1 is 1.19 bits per heavy atom. The summed E-state index contributed by atoms with van der Waals surface area (Å²) in [6.07, 6.45) is 4.78. The van der Waals surface area contributed by atoms with Crippen molar-refractivity contribution < 1.29 is 9.53 Å². The highest BCUT2D eigenvalue weighted by Gasteiger charge is 2.38. The van der Waals surface area contributed by atoms with Gasteiger partial charge in [-0.05, 0) is 56.2 Å². The van der Waals surface area contributed by atoms with Gasteiger partial charge in [0.25, 0.3) is 0 Å². The summed E-state index contributed by atoms with van der Waals surface area (Å²) in [5.74, 6) is 0.282. The van der Waals surface area contributed by atoms with Gasteiger partial charge in [0.05, 0.1) is 5.60 Å². The van der Waals surface area contributed by atoms with Crippen molar-refractivity contribution in [1.82, 2.24) is 4.90 Å². The number of rotatable bonds is 2. The van der Waals surface area contributed by atoms with Crippen molar-refractivity contribution in [1.29, 1.82) is 0 Å². The molecule has 1 unspecified atom stereocenters. The van der Waals surface area contributed by atoms with Crippen LogP contribution < -0.4 is 0 Å². The first-order valence-electron chi connectivity index (χ1n) is 8.06. The van der Waals surface area contributed by atoms with Crippen molar-refractivity contribution in [2.24, 2.45) is 0 Å². The number of nitrogens with zero attached hydrogens (tertiary/aromatic N) is 1. The second-order valence-electron chi connectivity index (χ2n) is 6.57. The molecule has 2 heterocycles. The number of carbonyl (C=O) groups excluding carboxylic acids is 1. The molecule has 2 aliphatic rings. The molecule has 1 aromatic carbocycles. The Hall–Kier alpha value is -1.35. The van der Waals surface area contributed by atoms with Crippen molar-refractivity contribution in [2.75, 3.05) is 13.2 Å². The Labute approximate surface area is 127 Å². The van der Waals surface area contributed by atoms with E-state index in [1.54, 1.807) is 0 Å². The van der Waals surface area contributed by atoms with Crippen molar-refractivity contribution >= 4 is 5.91 Å². The first kappa shape index (κ1) is 14.6. The van der Waals surface area contributed by atoms with Crippen LogP contribution in [0, 0.1) is 13.8 Å². The standard InChI is InChI=1S/C18H25NO2/c1-14-5-3-6-15(2)16(14)13-19-11-10-18(8-4-12-21-18)9-7-17(19)20/h3,5-6H,4,7-13H2,1-2H3. The van der Waals surface area contributed by atoms with Crippen LogP contribution >= 0.6 is 0 Å². The van der Waals surface area contributed by atoms with E-state index in [1.807, 2.05) is 4.90 Å². The van der Waals surface area contributed by atoms with Gasteiger partial charge in [0.15, 0.2) is 0 Å². The maximum Gasteiger partial charge on any atom is 0.222 e. The summed E-state index contributed by atoms with van der Waals surface area (Å²) in [6, 6.07) is 6.35. The number of likely N-dealkylation sites (tertiary alicyclic amines) is 1. The zero-order valence-electron chi connectivity index (χ0n) is 13.2. The van der Waals surface area contributed by atoms with Crippen LogP contribution in [0.5, 0.6) is 0 Å². The molecule has 0 bridgehead atoms. The molecule has 3 rings (SSSR count). The molecule has 2 fully saturated rings. The zero-order valence-corrected chi connectivity index (χ0v) is 13.2. The van der Waals surface area contributed by atoms with Crippen LogP contribution in [0.2, 0.25) is 0 Å². The average molecular weight is 287 g/mol. The first-order valence-corrected chi connectivity index (χ1v) is 8.06. The van der Waals surface area contributed by atoms with Crippen molar-refractivity contribution in [3.8, 4) is 0 Å². The summed E-state index contributed by atoms with van der Waals surface area (Å²) < 4.78 is 5.98. The fourth-order valence-electron chi connectivity index (χ4n) is 3.69. The molecule has 114 valence electrons. The Balaban J connectivity index is 1.75. The minimum absolute atomic E-state index is 0.00874. The van der Waals surface area contributed by atoms with E-state index in [9.17, 15) is 4.79 Å². The van der Waals surface area contributed by atoms with E-state index in [-0.39, 0.29) is 11.5 Å². The molecule has 0 aromatic heterocycles. The van der Waals surface area contributed by atoms with E-state index >= 15 is 0 Å². The van der Waals surface area contributed by atoms with Gasteiger partial charge in [-0.15, -0.1) is 0 Å². The number of ether oxygens (including phenoxy) is 1. The highest BCUT2D eigenvalue weighted by Crippen LogP contribution is 2.36. The minimum Gasteiger partial charge on any atom is -0.375 e. The molecule has 0 N–H and O–H groups in total. The van der Waals surface area contributed by atoms with E-state index in [0.29, 0.717) is 6.42 Å². The van der Waals surface area contributed by atoms with Crippen molar-refractivity contribution in [3.05, 3.63) is 34.9 Å². The predicted molar refractivity (Wildman–Crippen MR) is 83.1 cm³/mol. The zero-order chi connectivity index (χ0) is 14.9. The Kier molecular flexibility index (Phi) is 4.03. The van der Waals surface area contributed by atoms with Gasteiger partial charge in [-0.3, -0.25) is 4.79 Å². The quantitative estimate of drug-likeness (QED) is 0.834. The van der Waals surface area contributed by atoms with E-state index in [1.165, 1.54) is 16.7 Å². The monoisotopic (exact) mass is 287 g/mol. The predicted octanol–water partition coefficient (Wildman–Crippen LogP) is 3.37. The smallest absolute Gasteiger partial charge is 0.222 e. The van der Waals surface area contributed by atoms with Gasteiger partial charge >= 0.3 is 0 Å². The third-order valence-electron chi connectivity index (χ3n) is 5.16. The van der Waals surface area contributed by atoms with E-state index in [0.717, 1.165) is 45.4 Å². The van der Waals surface area contributed by atoms with Crippen LogP contribution in [0.3, 0.4) is 0 Å². The normalized spacial score (nSPS) is 26.4. The number of carbonyl (C=O) groups is 1. The second kappa shape index (κ2) is 5.80. The lowest BCUT2D eigenvalue weighted by Gasteiger charge is -2.27. The molecule has 3 heteroatoms. The molecular weight excluding hydrogens is 262 g/mol. The van der Waals surface area contributed by atoms with Crippen molar-refractivity contribution in [2.45, 2.75) is 58.1 Å². The topological polar surface area (TPSA) is 29.5 Å². The molecule has 1 aromatic rings. The van der Waals surface area contributed by atoms with Gasteiger partial charge in [0.2, 0.25) is 5.91 Å². The second-order valence-corrected chi connectivity index (χ2v) is 6.57. The number of benzene rings is 1. The number of hydrogen-bond acceptors (Lipinski definition) is 2. The molecule has 1 atom stereocenters. The van der Waals surface area contributed by atoms with E-state index in [2.05, 4.69) is 32.0 Å². The molecule has 3 nitrogen and oxygen atoms in total. The van der Waals surface area contributed by atoms with Gasteiger partial charge in [0.1, 0.15) is 0 Å². The fourth-order valence-corrected chi connectivity index (χ4v) is 3.69. The molecule has 0 radical (unpaired) electrons. The lowest BCUT2D eigenvalue weighted by Crippen LogP contribution is -2.32. The van der Waals surface area contributed by atoms with Gasteiger partial charge < -0.3 is 9.64 Å². The fraction of sp³-hybridized carbons (Fsp3) is 0.611. The maximum absolute atomic E-state index is 12.5. The van der Waals surface area contributed by atoms with Crippen LogP contribution in [0.1, 0.15) is 48.8 Å². The third kappa shape index (κ3) is 2.98. The largest absolute Gasteiger partial charge is 0.375 e. The SMILES string of the molecule is Cc1cccc(C)c1CN1CCC2(CCCO2)CCC1=O. The molecule has 1 spiro atoms. The molecule has 0 aliphatic carbocycles. The molecular formula is C18H25NO2. The van der Waals surface area contributed by atoms with Crippen molar-refractivity contribution in [3.63, 3.8) is 0 Å². The average Bonchev–Trinajstić information content (AvgIpc) is 2.87. The van der Waals surface area contributed by atoms with Crippen LogP contribution in [-0.4, -0.2) is 29.6 Å². The summed E-state index contributed by atoms with van der Waals surface area (Å²) >= 11 is 0. The minimum atomic E-state index is -0.00874. The summed E-state index contributed by atoms with van der Waals surface area (Å²) in [6.45, 7) is 6.70. The highest BCUT2D eigenvalue weighted by atomic mass is 16.5. The first-order chi connectivity index (χ1) is 10.1. The molecule has 21 heavy (non-hydrogen) atoms. The third-order valence-corrected chi connectivity index (χ3v) is 5.16. The summed E-state index contributed by atoms with van der Waals surface area (Å²) in [5, 5.41) is 0. The number of amides is 1.